The van der Waals surface area contributed by atoms with Crippen LogP contribution in [0.5, 0.6) is 0 Å². The van der Waals surface area contributed by atoms with Gasteiger partial charge in [0, 0.05) is 24.6 Å². The minimum atomic E-state index is -0.416. The number of nitrogens with zero attached hydrogens (tertiary/aromatic N) is 5. The number of hydrogen-bond donors (Lipinski definition) is 1. The summed E-state index contributed by atoms with van der Waals surface area (Å²) < 4.78 is 5.17. The fourth-order valence-electron chi connectivity index (χ4n) is 2.71. The molecule has 9 heteroatoms. The summed E-state index contributed by atoms with van der Waals surface area (Å²) in [5, 5.41) is 4.21. The lowest BCUT2D eigenvalue weighted by atomic mass is 10.2. The number of hydrogen-bond acceptors (Lipinski definition) is 5. The highest BCUT2D eigenvalue weighted by Crippen LogP contribution is 2.21. The third-order valence-electron chi connectivity index (χ3n) is 4.06. The molecule has 0 saturated carbocycles. The van der Waals surface area contributed by atoms with Crippen molar-refractivity contribution in [3.8, 4) is 0 Å². The summed E-state index contributed by atoms with van der Waals surface area (Å²) in [4.78, 5) is 29.2. The minimum Gasteiger partial charge on any atom is -0.300 e. The molecule has 0 aliphatic heterocycles. The van der Waals surface area contributed by atoms with Gasteiger partial charge in [0.25, 0.3) is 5.56 Å². The Kier molecular flexibility index (Phi) is 4.82. The van der Waals surface area contributed by atoms with Gasteiger partial charge in [-0.05, 0) is 31.5 Å². The number of aryl methyl sites for hydroxylation is 1. The van der Waals surface area contributed by atoms with Gasteiger partial charge in [-0.15, -0.1) is 0 Å². The SMILES string of the molecule is CC(C)n1c(NN=Cc2ccc(Br)cc2)nc2c1c(=O)n(C)c(=O)n2C. The molecule has 26 heavy (non-hydrogen) atoms. The predicted octanol–water partition coefficient (Wildman–Crippen LogP) is 2.22. The summed E-state index contributed by atoms with van der Waals surface area (Å²) in [5.41, 5.74) is 3.70. The van der Waals surface area contributed by atoms with Gasteiger partial charge in [-0.3, -0.25) is 13.9 Å². The van der Waals surface area contributed by atoms with Crippen LogP contribution in [0.3, 0.4) is 0 Å². The van der Waals surface area contributed by atoms with Gasteiger partial charge in [-0.25, -0.2) is 10.2 Å². The van der Waals surface area contributed by atoms with Crippen molar-refractivity contribution in [3.05, 3.63) is 55.1 Å². The smallest absolute Gasteiger partial charge is 0.300 e. The van der Waals surface area contributed by atoms with Gasteiger partial charge in [-0.2, -0.15) is 10.1 Å². The van der Waals surface area contributed by atoms with Crippen molar-refractivity contribution in [3.63, 3.8) is 0 Å². The van der Waals surface area contributed by atoms with Crippen LogP contribution < -0.4 is 16.7 Å². The quantitative estimate of drug-likeness (QED) is 0.519. The monoisotopic (exact) mass is 418 g/mol. The molecule has 0 spiro atoms. The molecule has 3 rings (SSSR count). The number of benzene rings is 1. The average Bonchev–Trinajstić information content (AvgIpc) is 3.00. The van der Waals surface area contributed by atoms with Crippen molar-refractivity contribution in [2.24, 2.45) is 19.2 Å². The second kappa shape index (κ2) is 6.91. The normalized spacial score (nSPS) is 11.8. The highest BCUT2D eigenvalue weighted by molar-refractivity contribution is 9.10. The molecule has 1 N–H and O–H groups in total. The van der Waals surface area contributed by atoms with Gasteiger partial charge in [-0.1, -0.05) is 28.1 Å². The first-order valence-electron chi connectivity index (χ1n) is 8.04. The molecule has 0 amide bonds. The lowest BCUT2D eigenvalue weighted by molar-refractivity contribution is 0.615. The van der Waals surface area contributed by atoms with E-state index in [1.165, 1.54) is 11.6 Å². The molecule has 8 nitrogen and oxygen atoms in total. The van der Waals surface area contributed by atoms with Crippen LogP contribution in [0.25, 0.3) is 11.2 Å². The van der Waals surface area contributed by atoms with Crippen molar-refractivity contribution >= 4 is 39.3 Å². The molecule has 0 atom stereocenters. The maximum Gasteiger partial charge on any atom is 0.332 e. The maximum atomic E-state index is 12.6. The van der Waals surface area contributed by atoms with Gasteiger partial charge >= 0.3 is 5.69 Å². The fraction of sp³-hybridized carbons (Fsp3) is 0.294. The molecule has 1 aromatic carbocycles. The van der Waals surface area contributed by atoms with E-state index in [2.05, 4.69) is 31.4 Å². The van der Waals surface area contributed by atoms with Gasteiger partial charge in [0.2, 0.25) is 5.95 Å². The summed E-state index contributed by atoms with van der Waals surface area (Å²) in [6.45, 7) is 3.88. The summed E-state index contributed by atoms with van der Waals surface area (Å²) in [6.07, 6.45) is 1.66. The number of halogens is 1. The summed E-state index contributed by atoms with van der Waals surface area (Å²) in [7, 11) is 3.05. The highest BCUT2D eigenvalue weighted by Gasteiger charge is 2.20. The van der Waals surface area contributed by atoms with Gasteiger partial charge in [0.05, 0.1) is 6.21 Å². The summed E-state index contributed by atoms with van der Waals surface area (Å²) in [5.74, 6) is 0.404. The Bertz CT molecular complexity index is 1110. The number of fused-ring (bicyclic) bond motifs is 1. The molecule has 0 radical (unpaired) electrons. The molecular formula is C17H19BrN6O2. The van der Waals surface area contributed by atoms with Crippen LogP contribution in [0.2, 0.25) is 0 Å². The maximum absolute atomic E-state index is 12.6. The molecule has 0 fully saturated rings. The predicted molar refractivity (Wildman–Crippen MR) is 106 cm³/mol. The second-order valence-corrected chi connectivity index (χ2v) is 7.11. The number of anilines is 1. The van der Waals surface area contributed by atoms with Crippen molar-refractivity contribution in [1.29, 1.82) is 0 Å². The standard InChI is InChI=1S/C17H19BrN6O2/c1-10(2)24-13-14(22(3)17(26)23(4)15(13)25)20-16(24)21-19-9-11-5-7-12(18)8-6-11/h5-10H,1-4H3,(H,20,21). The lowest BCUT2D eigenvalue weighted by Gasteiger charge is -2.12. The van der Waals surface area contributed by atoms with Crippen LogP contribution in [0.1, 0.15) is 25.5 Å². The van der Waals surface area contributed by atoms with Crippen molar-refractivity contribution in [2.75, 3.05) is 5.43 Å². The zero-order chi connectivity index (χ0) is 19.0. The van der Waals surface area contributed by atoms with E-state index in [1.807, 2.05) is 38.1 Å². The van der Waals surface area contributed by atoms with E-state index >= 15 is 0 Å². The molecule has 0 saturated heterocycles. The van der Waals surface area contributed by atoms with Crippen LogP contribution in [-0.4, -0.2) is 24.9 Å². The van der Waals surface area contributed by atoms with Crippen LogP contribution in [0, 0.1) is 0 Å². The van der Waals surface area contributed by atoms with Crippen LogP contribution >= 0.6 is 15.9 Å². The molecule has 136 valence electrons. The van der Waals surface area contributed by atoms with E-state index in [0.717, 1.165) is 14.6 Å². The van der Waals surface area contributed by atoms with E-state index in [4.69, 9.17) is 0 Å². The third kappa shape index (κ3) is 3.10. The molecule has 0 aliphatic carbocycles. The minimum absolute atomic E-state index is 0.0458. The van der Waals surface area contributed by atoms with E-state index in [9.17, 15) is 9.59 Å². The average molecular weight is 419 g/mol. The Morgan fingerprint density at radius 3 is 2.42 bits per heavy atom. The molecule has 0 unspecified atom stereocenters. The largest absolute Gasteiger partial charge is 0.332 e. The van der Waals surface area contributed by atoms with Gasteiger partial charge in [0.1, 0.15) is 0 Å². The molecule has 0 aliphatic rings. The van der Waals surface area contributed by atoms with E-state index in [0.29, 0.717) is 17.1 Å². The van der Waals surface area contributed by atoms with Crippen molar-refractivity contribution in [1.82, 2.24) is 18.7 Å². The van der Waals surface area contributed by atoms with Gasteiger partial charge in [0.15, 0.2) is 11.2 Å². The lowest BCUT2D eigenvalue weighted by Crippen LogP contribution is -2.37. The zero-order valence-electron chi connectivity index (χ0n) is 14.9. The number of rotatable bonds is 4. The van der Waals surface area contributed by atoms with E-state index in [1.54, 1.807) is 17.8 Å². The van der Waals surface area contributed by atoms with Crippen LogP contribution in [0.4, 0.5) is 5.95 Å². The van der Waals surface area contributed by atoms with E-state index < -0.39 is 5.69 Å². The Morgan fingerprint density at radius 1 is 1.15 bits per heavy atom. The molecule has 3 aromatic rings. The number of hydrazone groups is 1. The van der Waals surface area contributed by atoms with E-state index in [-0.39, 0.29) is 11.6 Å². The highest BCUT2D eigenvalue weighted by atomic mass is 79.9. The second-order valence-electron chi connectivity index (χ2n) is 6.20. The number of aromatic nitrogens is 4. The van der Waals surface area contributed by atoms with Crippen molar-refractivity contribution < 1.29 is 0 Å². The fourth-order valence-corrected chi connectivity index (χ4v) is 2.97. The topological polar surface area (TPSA) is 86.2 Å². The molecule has 2 heterocycles. The summed E-state index contributed by atoms with van der Waals surface area (Å²) in [6, 6.07) is 7.63. The van der Waals surface area contributed by atoms with Crippen molar-refractivity contribution in [2.45, 2.75) is 19.9 Å². The van der Waals surface area contributed by atoms with Gasteiger partial charge < -0.3 is 4.57 Å². The molecular weight excluding hydrogens is 400 g/mol. The first-order chi connectivity index (χ1) is 12.3. The zero-order valence-corrected chi connectivity index (χ0v) is 16.5. The Hall–Kier alpha value is -2.68. The molecule has 0 bridgehead atoms. The van der Waals surface area contributed by atoms with Crippen LogP contribution in [-0.2, 0) is 14.1 Å². The first kappa shape index (κ1) is 18.1. The third-order valence-corrected chi connectivity index (χ3v) is 4.58. The Labute approximate surface area is 157 Å². The summed E-state index contributed by atoms with van der Waals surface area (Å²) >= 11 is 3.39. The Morgan fingerprint density at radius 2 is 1.81 bits per heavy atom. The first-order valence-corrected chi connectivity index (χ1v) is 8.83. The number of nitrogens with one attached hydrogen (secondary N) is 1. The van der Waals surface area contributed by atoms with Crippen LogP contribution in [0.15, 0.2) is 43.4 Å². The molecule has 2 aromatic heterocycles. The number of imidazole rings is 1. The Balaban J connectivity index is 2.08.